The van der Waals surface area contributed by atoms with Crippen molar-refractivity contribution >= 4 is 33.1 Å². The molecule has 8 heteroatoms. The van der Waals surface area contributed by atoms with Gasteiger partial charge in [0.05, 0.1) is 11.9 Å². The first-order chi connectivity index (χ1) is 12.3. The van der Waals surface area contributed by atoms with Crippen molar-refractivity contribution in [3.8, 4) is 0 Å². The highest BCUT2D eigenvalue weighted by atomic mass is 32.2. The first kappa shape index (κ1) is 20.0. The van der Waals surface area contributed by atoms with Gasteiger partial charge in [0.15, 0.2) is 0 Å². The van der Waals surface area contributed by atoms with E-state index in [1.54, 1.807) is 12.1 Å². The average molecular weight is 378 g/mol. The number of hydrogen-bond donors (Lipinski definition) is 2. The third-order valence-corrected chi connectivity index (χ3v) is 5.55. The summed E-state index contributed by atoms with van der Waals surface area (Å²) in [6, 6.07) is 9.69. The predicted octanol–water partition coefficient (Wildman–Crippen LogP) is 3.20. The van der Waals surface area contributed by atoms with Crippen molar-refractivity contribution in [1.82, 2.24) is 9.29 Å². The molecule has 0 radical (unpaired) electrons. The molecule has 0 saturated heterocycles. The molecular formula is C18H27N5O2S. The molecule has 0 amide bonds. The molecule has 26 heavy (non-hydrogen) atoms. The zero-order valence-electron chi connectivity index (χ0n) is 15.9. The number of hydrogen-bond acceptors (Lipinski definition) is 5. The average Bonchev–Trinajstić information content (AvgIpc) is 2.59. The van der Waals surface area contributed by atoms with Gasteiger partial charge in [-0.25, -0.2) is 4.98 Å². The SMILES string of the molecule is CCN(CC)c1ccc(Nc2ccc(NS(=O)(=O)N(C)C)cn2)c(C)c1. The fraction of sp³-hybridized carbons (Fsp3) is 0.389. The van der Waals surface area contributed by atoms with Crippen molar-refractivity contribution in [2.24, 2.45) is 0 Å². The van der Waals surface area contributed by atoms with Crippen LogP contribution in [0.3, 0.4) is 0 Å². The first-order valence-electron chi connectivity index (χ1n) is 8.55. The van der Waals surface area contributed by atoms with Crippen molar-refractivity contribution in [1.29, 1.82) is 0 Å². The summed E-state index contributed by atoms with van der Waals surface area (Å²) in [6.45, 7) is 8.26. The van der Waals surface area contributed by atoms with Crippen LogP contribution in [0, 0.1) is 6.92 Å². The van der Waals surface area contributed by atoms with Gasteiger partial charge in [-0.15, -0.1) is 0 Å². The van der Waals surface area contributed by atoms with Crippen LogP contribution in [0.4, 0.5) is 22.9 Å². The Morgan fingerprint density at radius 3 is 2.27 bits per heavy atom. The first-order valence-corrected chi connectivity index (χ1v) is 9.99. The monoisotopic (exact) mass is 377 g/mol. The van der Waals surface area contributed by atoms with Crippen molar-refractivity contribution < 1.29 is 8.42 Å². The molecule has 0 aliphatic carbocycles. The summed E-state index contributed by atoms with van der Waals surface area (Å²) in [5, 5.41) is 3.27. The molecule has 0 bridgehead atoms. The summed E-state index contributed by atoms with van der Waals surface area (Å²) in [5.74, 6) is 0.650. The molecule has 1 heterocycles. The molecule has 0 spiro atoms. The number of rotatable bonds is 8. The van der Waals surface area contributed by atoms with Crippen molar-refractivity contribution in [3.63, 3.8) is 0 Å². The lowest BCUT2D eigenvalue weighted by Crippen LogP contribution is -2.28. The molecule has 0 aliphatic rings. The summed E-state index contributed by atoms with van der Waals surface area (Å²) in [4.78, 5) is 6.57. The molecule has 0 aliphatic heterocycles. The standard InChI is InChI=1S/C18H27N5O2S/c1-6-23(7-2)16-9-10-17(14(3)12-16)20-18-11-8-15(13-19-18)21-26(24,25)22(4)5/h8-13,21H,6-7H2,1-5H3,(H,19,20). The molecule has 142 valence electrons. The second-order valence-corrected chi connectivity index (χ2v) is 8.00. The van der Waals surface area contributed by atoms with E-state index >= 15 is 0 Å². The van der Waals surface area contributed by atoms with Crippen LogP contribution in [-0.4, -0.2) is 44.9 Å². The highest BCUT2D eigenvalue weighted by molar-refractivity contribution is 7.90. The maximum Gasteiger partial charge on any atom is 0.301 e. The minimum absolute atomic E-state index is 0.415. The summed E-state index contributed by atoms with van der Waals surface area (Å²) in [7, 11) is -0.592. The third-order valence-electron chi connectivity index (χ3n) is 4.09. The highest BCUT2D eigenvalue weighted by Crippen LogP contribution is 2.25. The fourth-order valence-corrected chi connectivity index (χ4v) is 3.08. The zero-order chi connectivity index (χ0) is 19.3. The minimum Gasteiger partial charge on any atom is -0.372 e. The van der Waals surface area contributed by atoms with Gasteiger partial charge in [-0.3, -0.25) is 4.72 Å². The molecule has 7 nitrogen and oxygen atoms in total. The number of nitrogens with zero attached hydrogens (tertiary/aromatic N) is 3. The van der Waals surface area contributed by atoms with Crippen molar-refractivity contribution in [2.45, 2.75) is 20.8 Å². The molecule has 0 atom stereocenters. The molecule has 2 N–H and O–H groups in total. The Morgan fingerprint density at radius 1 is 1.08 bits per heavy atom. The molecule has 1 aromatic heterocycles. The number of pyridine rings is 1. The maximum atomic E-state index is 11.8. The summed E-state index contributed by atoms with van der Waals surface area (Å²) in [5.41, 5.74) is 3.70. The van der Waals surface area contributed by atoms with Gasteiger partial charge < -0.3 is 10.2 Å². The largest absolute Gasteiger partial charge is 0.372 e. The molecule has 0 fully saturated rings. The number of anilines is 4. The highest BCUT2D eigenvalue weighted by Gasteiger charge is 2.13. The Morgan fingerprint density at radius 2 is 1.77 bits per heavy atom. The zero-order valence-corrected chi connectivity index (χ0v) is 16.8. The topological polar surface area (TPSA) is 77.6 Å². The number of aromatic nitrogens is 1. The number of aryl methyl sites for hydroxylation is 1. The van der Waals surface area contributed by atoms with E-state index in [0.717, 1.165) is 28.6 Å². The van der Waals surface area contributed by atoms with E-state index in [0.29, 0.717) is 11.5 Å². The number of benzene rings is 1. The summed E-state index contributed by atoms with van der Waals surface area (Å²) >= 11 is 0. The van der Waals surface area contributed by atoms with Gasteiger partial charge in [-0.05, 0) is 56.7 Å². The lowest BCUT2D eigenvalue weighted by molar-refractivity contribution is 0.527. The van der Waals surface area contributed by atoms with E-state index in [1.807, 2.05) is 6.07 Å². The molecular weight excluding hydrogens is 350 g/mol. The third kappa shape index (κ3) is 4.86. The molecule has 0 unspecified atom stereocenters. The van der Waals surface area contributed by atoms with Gasteiger partial charge >= 0.3 is 10.2 Å². The van der Waals surface area contributed by atoms with Crippen LogP contribution < -0.4 is 14.9 Å². The lowest BCUT2D eigenvalue weighted by Gasteiger charge is -2.22. The van der Waals surface area contributed by atoms with Crippen LogP contribution in [0.15, 0.2) is 36.5 Å². The van der Waals surface area contributed by atoms with Crippen LogP contribution in [-0.2, 0) is 10.2 Å². The van der Waals surface area contributed by atoms with Gasteiger partial charge in [-0.2, -0.15) is 12.7 Å². The van der Waals surface area contributed by atoms with Gasteiger partial charge in [0, 0.05) is 38.6 Å². The lowest BCUT2D eigenvalue weighted by atomic mass is 10.1. The van der Waals surface area contributed by atoms with Crippen molar-refractivity contribution in [2.75, 3.05) is 42.1 Å². The van der Waals surface area contributed by atoms with Gasteiger partial charge in [0.2, 0.25) is 0 Å². The second-order valence-electron chi connectivity index (χ2n) is 6.12. The van der Waals surface area contributed by atoms with E-state index < -0.39 is 10.2 Å². The van der Waals surface area contributed by atoms with E-state index in [4.69, 9.17) is 0 Å². The Kier molecular flexibility index (Phi) is 6.44. The predicted molar refractivity (Wildman–Crippen MR) is 108 cm³/mol. The molecule has 2 rings (SSSR count). The minimum atomic E-state index is -3.53. The van der Waals surface area contributed by atoms with Crippen LogP contribution in [0.1, 0.15) is 19.4 Å². The van der Waals surface area contributed by atoms with E-state index in [9.17, 15) is 8.42 Å². The molecule has 2 aromatic rings. The Hall–Kier alpha value is -2.32. The normalized spacial score (nSPS) is 11.5. The summed E-state index contributed by atoms with van der Waals surface area (Å²) < 4.78 is 27.2. The van der Waals surface area contributed by atoms with Gasteiger partial charge in [0.25, 0.3) is 0 Å². The maximum absolute atomic E-state index is 11.8. The van der Waals surface area contributed by atoms with E-state index in [-0.39, 0.29) is 0 Å². The Bertz CT molecular complexity index is 831. The number of nitrogens with one attached hydrogen (secondary N) is 2. The Labute approximate surface area is 156 Å². The van der Waals surface area contributed by atoms with Gasteiger partial charge in [-0.1, -0.05) is 0 Å². The summed E-state index contributed by atoms with van der Waals surface area (Å²) in [6.07, 6.45) is 1.49. The van der Waals surface area contributed by atoms with Crippen LogP contribution in [0.2, 0.25) is 0 Å². The van der Waals surface area contributed by atoms with Crippen molar-refractivity contribution in [3.05, 3.63) is 42.1 Å². The fourth-order valence-electron chi connectivity index (χ4n) is 2.48. The van der Waals surface area contributed by atoms with E-state index in [1.165, 1.54) is 26.0 Å². The second kappa shape index (κ2) is 8.37. The van der Waals surface area contributed by atoms with Crippen LogP contribution in [0.25, 0.3) is 0 Å². The van der Waals surface area contributed by atoms with E-state index in [2.05, 4.69) is 52.8 Å². The van der Waals surface area contributed by atoms with Gasteiger partial charge in [0.1, 0.15) is 5.82 Å². The Balaban J connectivity index is 2.12. The van der Waals surface area contributed by atoms with Crippen LogP contribution >= 0.6 is 0 Å². The quantitative estimate of drug-likeness (QED) is 0.739. The molecule has 0 saturated carbocycles. The van der Waals surface area contributed by atoms with Crippen LogP contribution in [0.5, 0.6) is 0 Å². The molecule has 1 aromatic carbocycles. The smallest absolute Gasteiger partial charge is 0.301 e.